The number of carboxylic acid groups (broad SMARTS) is 1. The van der Waals surface area contributed by atoms with Crippen LogP contribution in [0.4, 0.5) is 9.93 Å². The molecule has 10 heteroatoms. The average Bonchev–Trinajstić information content (AvgIpc) is 3.45. The fourth-order valence-electron chi connectivity index (χ4n) is 3.60. The molecule has 0 aliphatic heterocycles. The molecule has 1 aliphatic rings. The first kappa shape index (κ1) is 20.1. The van der Waals surface area contributed by atoms with Gasteiger partial charge in [0.15, 0.2) is 5.13 Å². The Balaban J connectivity index is 1.34. The number of nitrogens with zero attached hydrogens (tertiary/aromatic N) is 3. The van der Waals surface area contributed by atoms with E-state index in [1.165, 1.54) is 33.4 Å². The quantitative estimate of drug-likeness (QED) is 0.529. The molecule has 0 radical (unpaired) electrons. The molecule has 0 bridgehead atoms. The smallest absolute Gasteiger partial charge is 0.323 e. The Kier molecular flexibility index (Phi) is 6.02. The van der Waals surface area contributed by atoms with E-state index in [1.54, 1.807) is 22.4 Å². The predicted octanol–water partition coefficient (Wildman–Crippen LogP) is 4.73. The molecule has 7 nitrogen and oxygen atoms in total. The number of thioether (sulfide) groups is 1. The van der Waals surface area contributed by atoms with E-state index in [-0.39, 0.29) is 17.8 Å². The van der Waals surface area contributed by atoms with Crippen molar-refractivity contribution in [3.8, 4) is 0 Å². The highest BCUT2D eigenvalue weighted by molar-refractivity contribution is 8.01. The van der Waals surface area contributed by atoms with E-state index >= 15 is 0 Å². The first-order valence-electron chi connectivity index (χ1n) is 9.17. The van der Waals surface area contributed by atoms with Gasteiger partial charge in [0, 0.05) is 13.1 Å². The van der Waals surface area contributed by atoms with Crippen molar-refractivity contribution >= 4 is 61.8 Å². The summed E-state index contributed by atoms with van der Waals surface area (Å²) in [4.78, 5) is 33.6. The van der Waals surface area contributed by atoms with Crippen molar-refractivity contribution in [1.82, 2.24) is 14.9 Å². The standard InChI is InChI=1S/C19H20N4O3S3/c1-23(19(26)22-18-20-8-17(29-18)27-9-16(24)25)13-4-2-11(6-13)12-3-5-14-15(7-12)28-10-21-14/h3,5,7-8,10-11,13H,2,4,6,9H2,1H3,(H,24,25)(H,20,22,26). The third-order valence-electron chi connectivity index (χ3n) is 5.14. The molecule has 2 unspecified atom stereocenters. The number of hydrogen-bond donors (Lipinski definition) is 2. The highest BCUT2D eigenvalue weighted by Crippen LogP contribution is 2.38. The van der Waals surface area contributed by atoms with Crippen LogP contribution >= 0.6 is 34.4 Å². The van der Waals surface area contributed by atoms with Gasteiger partial charge in [0.25, 0.3) is 0 Å². The second kappa shape index (κ2) is 8.68. The van der Waals surface area contributed by atoms with Crippen LogP contribution in [-0.2, 0) is 4.79 Å². The number of aromatic nitrogens is 2. The fraction of sp³-hybridized carbons (Fsp3) is 0.368. The number of hydrogen-bond acceptors (Lipinski definition) is 7. The molecule has 2 aromatic heterocycles. The molecular formula is C19H20N4O3S3. The van der Waals surface area contributed by atoms with Crippen molar-refractivity contribution in [2.75, 3.05) is 18.1 Å². The average molecular weight is 449 g/mol. The third kappa shape index (κ3) is 4.71. The summed E-state index contributed by atoms with van der Waals surface area (Å²) in [5, 5.41) is 12.1. The van der Waals surface area contributed by atoms with Gasteiger partial charge < -0.3 is 10.0 Å². The number of rotatable bonds is 6. The molecule has 29 heavy (non-hydrogen) atoms. The van der Waals surface area contributed by atoms with E-state index in [0.717, 1.165) is 29.0 Å². The van der Waals surface area contributed by atoms with E-state index in [0.29, 0.717) is 11.0 Å². The third-order valence-corrected chi connectivity index (χ3v) is 8.02. The summed E-state index contributed by atoms with van der Waals surface area (Å²) in [6, 6.07) is 6.45. The molecule has 1 saturated carbocycles. The zero-order valence-corrected chi connectivity index (χ0v) is 18.1. The first-order chi connectivity index (χ1) is 14.0. The van der Waals surface area contributed by atoms with Gasteiger partial charge in [0.05, 0.1) is 31.9 Å². The molecule has 2 atom stereocenters. The van der Waals surface area contributed by atoms with Gasteiger partial charge in [-0.05, 0) is 42.9 Å². The normalized spacial score (nSPS) is 18.8. The fourth-order valence-corrected chi connectivity index (χ4v) is 5.91. The maximum atomic E-state index is 12.6. The lowest BCUT2D eigenvalue weighted by molar-refractivity contribution is -0.133. The molecule has 0 saturated heterocycles. The predicted molar refractivity (Wildman–Crippen MR) is 117 cm³/mol. The van der Waals surface area contributed by atoms with Crippen LogP contribution in [0.15, 0.2) is 34.1 Å². The lowest BCUT2D eigenvalue weighted by atomic mass is 9.97. The number of amides is 2. The number of urea groups is 1. The summed E-state index contributed by atoms with van der Waals surface area (Å²) in [5.74, 6) is -0.452. The number of carbonyl (C=O) groups is 2. The van der Waals surface area contributed by atoms with Crippen LogP contribution < -0.4 is 5.32 Å². The van der Waals surface area contributed by atoms with Crippen LogP contribution in [0.5, 0.6) is 0 Å². The van der Waals surface area contributed by atoms with Gasteiger partial charge in [0.2, 0.25) is 0 Å². The van der Waals surface area contributed by atoms with Crippen molar-refractivity contribution in [2.24, 2.45) is 0 Å². The number of fused-ring (bicyclic) bond motifs is 1. The lowest BCUT2D eigenvalue weighted by Gasteiger charge is -2.24. The van der Waals surface area contributed by atoms with Gasteiger partial charge in [-0.1, -0.05) is 17.4 Å². The second-order valence-corrected chi connectivity index (χ2v) is 10.1. The van der Waals surface area contributed by atoms with Crippen molar-refractivity contribution in [1.29, 1.82) is 0 Å². The maximum Gasteiger partial charge on any atom is 0.323 e. The van der Waals surface area contributed by atoms with E-state index in [4.69, 9.17) is 5.11 Å². The Morgan fingerprint density at radius 2 is 2.21 bits per heavy atom. The van der Waals surface area contributed by atoms with Crippen molar-refractivity contribution in [3.63, 3.8) is 0 Å². The SMILES string of the molecule is CN(C(=O)Nc1ncc(SCC(=O)O)s1)C1CCC(c2ccc3ncsc3c2)C1. The summed E-state index contributed by atoms with van der Waals surface area (Å²) >= 11 is 4.14. The Hall–Kier alpha value is -2.17. The molecule has 4 rings (SSSR count). The molecule has 2 heterocycles. The minimum Gasteiger partial charge on any atom is -0.481 e. The van der Waals surface area contributed by atoms with Crippen molar-refractivity contribution in [3.05, 3.63) is 35.5 Å². The summed E-state index contributed by atoms with van der Waals surface area (Å²) in [5.41, 5.74) is 4.22. The van der Waals surface area contributed by atoms with Gasteiger partial charge >= 0.3 is 12.0 Å². The number of aliphatic carboxylic acids is 1. The summed E-state index contributed by atoms with van der Waals surface area (Å²) < 4.78 is 1.97. The largest absolute Gasteiger partial charge is 0.481 e. The van der Waals surface area contributed by atoms with Crippen molar-refractivity contribution in [2.45, 2.75) is 35.4 Å². The summed E-state index contributed by atoms with van der Waals surface area (Å²) in [6.07, 6.45) is 4.55. The topological polar surface area (TPSA) is 95.4 Å². The van der Waals surface area contributed by atoms with Crippen LogP contribution in [0, 0.1) is 0 Å². The minimum atomic E-state index is -0.876. The minimum absolute atomic E-state index is 0.0216. The van der Waals surface area contributed by atoms with Gasteiger partial charge in [-0.25, -0.2) is 14.8 Å². The van der Waals surface area contributed by atoms with Gasteiger partial charge in [-0.3, -0.25) is 10.1 Å². The van der Waals surface area contributed by atoms with E-state index in [2.05, 4.69) is 33.5 Å². The molecule has 1 fully saturated rings. The number of carbonyl (C=O) groups excluding carboxylic acids is 1. The van der Waals surface area contributed by atoms with Crippen molar-refractivity contribution < 1.29 is 14.7 Å². The van der Waals surface area contributed by atoms with Crippen LogP contribution in [0.3, 0.4) is 0 Å². The number of anilines is 1. The summed E-state index contributed by atoms with van der Waals surface area (Å²) in [7, 11) is 1.82. The zero-order valence-electron chi connectivity index (χ0n) is 15.7. The molecule has 3 aromatic rings. The number of carboxylic acids is 1. The van der Waals surface area contributed by atoms with E-state index in [9.17, 15) is 9.59 Å². The van der Waals surface area contributed by atoms with E-state index < -0.39 is 5.97 Å². The molecule has 1 aromatic carbocycles. The molecule has 152 valence electrons. The Morgan fingerprint density at radius 1 is 1.34 bits per heavy atom. The second-order valence-electron chi connectivity index (χ2n) is 6.95. The Bertz CT molecular complexity index is 1030. The highest BCUT2D eigenvalue weighted by atomic mass is 32.2. The van der Waals surface area contributed by atoms with Crippen LogP contribution in [0.1, 0.15) is 30.7 Å². The Labute approximate surface area is 180 Å². The Morgan fingerprint density at radius 3 is 3.03 bits per heavy atom. The van der Waals surface area contributed by atoms with Gasteiger partial charge in [-0.2, -0.15) is 0 Å². The van der Waals surface area contributed by atoms with Crippen LogP contribution in [0.2, 0.25) is 0 Å². The van der Waals surface area contributed by atoms with Gasteiger partial charge in [0.1, 0.15) is 0 Å². The number of benzene rings is 1. The lowest BCUT2D eigenvalue weighted by Crippen LogP contribution is -2.38. The molecular weight excluding hydrogens is 428 g/mol. The van der Waals surface area contributed by atoms with Crippen LogP contribution in [-0.4, -0.2) is 50.8 Å². The summed E-state index contributed by atoms with van der Waals surface area (Å²) in [6.45, 7) is 0. The number of thiazole rings is 2. The zero-order chi connectivity index (χ0) is 20.4. The highest BCUT2D eigenvalue weighted by Gasteiger charge is 2.31. The monoisotopic (exact) mass is 448 g/mol. The molecule has 0 spiro atoms. The maximum absolute atomic E-state index is 12.6. The van der Waals surface area contributed by atoms with E-state index in [1.807, 2.05) is 12.6 Å². The first-order valence-corrected chi connectivity index (χ1v) is 11.8. The van der Waals surface area contributed by atoms with Gasteiger partial charge in [-0.15, -0.1) is 23.1 Å². The molecule has 2 amide bonds. The number of nitrogens with one attached hydrogen (secondary N) is 1. The molecule has 1 aliphatic carbocycles. The van der Waals surface area contributed by atoms with Crippen LogP contribution in [0.25, 0.3) is 10.2 Å². The molecule has 2 N–H and O–H groups in total.